The van der Waals surface area contributed by atoms with E-state index in [-0.39, 0.29) is 56.3 Å². The molecular weight excluding hydrogens is 738 g/mol. The molecule has 1 aromatic heterocycles. The van der Waals surface area contributed by atoms with Gasteiger partial charge in [-0.1, -0.05) is 20.8 Å². The molecule has 2 spiro atoms. The van der Waals surface area contributed by atoms with E-state index in [9.17, 15) is 39.3 Å². The number of esters is 3. The number of nitrogens with zero attached hydrogens (tertiary/aromatic N) is 1. The van der Waals surface area contributed by atoms with E-state index in [0.29, 0.717) is 49.5 Å². The molecule has 1 aromatic carbocycles. The van der Waals surface area contributed by atoms with Gasteiger partial charge < -0.3 is 43.6 Å². The Bertz CT molecular complexity index is 1960. The maximum absolute atomic E-state index is 14.4. The van der Waals surface area contributed by atoms with Crippen molar-refractivity contribution in [1.29, 1.82) is 0 Å². The molecule has 0 unspecified atom stereocenters. The first kappa shape index (κ1) is 41.3. The van der Waals surface area contributed by atoms with Crippen LogP contribution in [0.4, 0.5) is 5.69 Å². The Kier molecular flexibility index (Phi) is 11.2. The number of rotatable bonds is 14. The molecule has 2 saturated heterocycles. The number of carbonyl (C=O) groups excluding carboxylic acids is 4. The molecule has 3 N–H and O–H groups in total. The van der Waals surface area contributed by atoms with Crippen molar-refractivity contribution in [2.45, 2.75) is 117 Å². The van der Waals surface area contributed by atoms with Crippen molar-refractivity contribution in [2.24, 2.45) is 39.9 Å². The number of ether oxygens (including phenoxy) is 4. The summed E-state index contributed by atoms with van der Waals surface area (Å²) in [6.07, 6.45) is -0.480. The zero-order chi connectivity index (χ0) is 41.1. The van der Waals surface area contributed by atoms with Crippen LogP contribution >= 0.6 is 0 Å². The molecule has 6 fully saturated rings. The van der Waals surface area contributed by atoms with Crippen LogP contribution in [0.3, 0.4) is 0 Å². The van der Waals surface area contributed by atoms with E-state index in [0.717, 1.165) is 18.8 Å². The highest BCUT2D eigenvalue weighted by molar-refractivity contribution is 5.94. The lowest BCUT2D eigenvalue weighted by Crippen LogP contribution is -2.85. The SMILES string of the molecule is CCN(CC)c1ccc2cc(C(=O)OCCCCOC(=O)CCCC(=O)O[C@@H]3[C@H]4CC[C@H]5[C@@]67CO[C@@](O)([C@@H](O)[C@@H]6C(C)(C)CC[C@@H]7O)[C@@]35C(=O)[C@@H]4C)c(=O)oc2c1. The standard InChI is InChI=1S/C43H57NO13/c1-6-44(7-2)26-14-13-25-21-28(39(51)56-29(25)22-26)38(50)54-20-9-8-19-53-32(46)11-10-12-33(47)57-37-27-15-16-30-41-23-55-43(52,42(30,37)35(48)24(27)3)36(49)34(41)40(4,5)18-17-31(41)45/h13-14,21-22,24,27,30-31,34,36-37,45,49,52H,6-12,15-20,23H2,1-5H3/t24-,27+,30+,31+,34-,36+,37-,41-,42+,43+/m1/s1. The minimum absolute atomic E-state index is 0.00190. The molecule has 4 saturated carbocycles. The van der Waals surface area contributed by atoms with Gasteiger partial charge in [0.2, 0.25) is 5.79 Å². The van der Waals surface area contributed by atoms with Gasteiger partial charge in [0.1, 0.15) is 28.8 Å². The Hall–Kier alpha value is -3.85. The Morgan fingerprint density at radius 2 is 1.63 bits per heavy atom. The van der Waals surface area contributed by atoms with Crippen LogP contribution < -0.4 is 10.5 Å². The van der Waals surface area contributed by atoms with Gasteiger partial charge in [-0.15, -0.1) is 0 Å². The molecule has 312 valence electrons. The second-order valence-electron chi connectivity index (χ2n) is 17.5. The number of aliphatic hydroxyl groups is 3. The van der Waals surface area contributed by atoms with Gasteiger partial charge in [-0.3, -0.25) is 14.4 Å². The molecule has 8 rings (SSSR count). The lowest BCUT2D eigenvalue weighted by Gasteiger charge is -2.74. The van der Waals surface area contributed by atoms with Crippen molar-refractivity contribution in [3.8, 4) is 0 Å². The summed E-state index contributed by atoms with van der Waals surface area (Å²) in [6, 6.07) is 6.93. The molecule has 6 aliphatic rings. The highest BCUT2D eigenvalue weighted by Gasteiger charge is 2.88. The molecule has 4 bridgehead atoms. The molecule has 0 radical (unpaired) electrons. The fraction of sp³-hybridized carbons (Fsp3) is 0.698. The topological polar surface area (TPSA) is 199 Å². The number of anilines is 1. The van der Waals surface area contributed by atoms with Gasteiger partial charge in [-0.2, -0.15) is 0 Å². The van der Waals surface area contributed by atoms with Crippen LogP contribution in [0.2, 0.25) is 0 Å². The van der Waals surface area contributed by atoms with E-state index >= 15 is 0 Å². The van der Waals surface area contributed by atoms with E-state index in [1.807, 2.05) is 33.8 Å². The quantitative estimate of drug-likeness (QED) is 0.106. The van der Waals surface area contributed by atoms with Crippen LogP contribution in [0.5, 0.6) is 0 Å². The second-order valence-corrected chi connectivity index (χ2v) is 17.5. The van der Waals surface area contributed by atoms with Crippen LogP contribution in [-0.4, -0.2) is 96.0 Å². The first-order valence-electron chi connectivity index (χ1n) is 20.7. The van der Waals surface area contributed by atoms with Gasteiger partial charge in [0.25, 0.3) is 0 Å². The van der Waals surface area contributed by atoms with Crippen LogP contribution in [0.1, 0.15) is 103 Å². The fourth-order valence-electron chi connectivity index (χ4n) is 11.7. The number of hydrogen-bond acceptors (Lipinski definition) is 14. The molecule has 57 heavy (non-hydrogen) atoms. The van der Waals surface area contributed by atoms with Crippen LogP contribution in [0.25, 0.3) is 11.0 Å². The highest BCUT2D eigenvalue weighted by Crippen LogP contribution is 2.77. The average molecular weight is 796 g/mol. The molecule has 2 aromatic rings. The molecule has 3 heterocycles. The van der Waals surface area contributed by atoms with Gasteiger partial charge >= 0.3 is 23.5 Å². The van der Waals surface area contributed by atoms with Crippen LogP contribution in [0, 0.1) is 39.9 Å². The minimum Gasteiger partial charge on any atom is -0.466 e. The summed E-state index contributed by atoms with van der Waals surface area (Å²) in [7, 11) is 0. The molecule has 14 nitrogen and oxygen atoms in total. The molecular formula is C43H57NO13. The zero-order valence-electron chi connectivity index (χ0n) is 33.6. The molecule has 14 heteroatoms. The molecule has 4 aliphatic carbocycles. The monoisotopic (exact) mass is 795 g/mol. The number of ketones is 1. The van der Waals surface area contributed by atoms with Crippen molar-refractivity contribution in [3.63, 3.8) is 0 Å². The summed E-state index contributed by atoms with van der Waals surface area (Å²) in [5.41, 5.74) is -2.85. The average Bonchev–Trinajstić information content (AvgIpc) is 3.28. The highest BCUT2D eigenvalue weighted by atomic mass is 16.7. The van der Waals surface area contributed by atoms with Crippen molar-refractivity contribution >= 4 is 40.3 Å². The number of benzene rings is 1. The summed E-state index contributed by atoms with van der Waals surface area (Å²) in [4.78, 5) is 67.6. The predicted molar refractivity (Wildman–Crippen MR) is 205 cm³/mol. The van der Waals surface area contributed by atoms with Crippen molar-refractivity contribution < 1.29 is 57.9 Å². The minimum atomic E-state index is -2.28. The van der Waals surface area contributed by atoms with Gasteiger partial charge in [-0.25, -0.2) is 9.59 Å². The summed E-state index contributed by atoms with van der Waals surface area (Å²) in [5.74, 6) is -6.56. The van der Waals surface area contributed by atoms with Gasteiger partial charge in [-0.05, 0) is 88.3 Å². The molecule has 0 amide bonds. The van der Waals surface area contributed by atoms with E-state index in [1.165, 1.54) is 6.07 Å². The van der Waals surface area contributed by atoms with E-state index in [2.05, 4.69) is 4.90 Å². The molecule has 2 aliphatic heterocycles. The lowest BCUT2D eigenvalue weighted by atomic mass is 9.35. The van der Waals surface area contributed by atoms with E-state index < -0.39 is 81.6 Å². The Morgan fingerprint density at radius 3 is 2.35 bits per heavy atom. The predicted octanol–water partition coefficient (Wildman–Crippen LogP) is 4.31. The van der Waals surface area contributed by atoms with Crippen molar-refractivity contribution in [1.82, 2.24) is 0 Å². The number of fused-ring (bicyclic) bond motifs is 3. The first-order chi connectivity index (χ1) is 27.1. The smallest absolute Gasteiger partial charge is 0.351 e. The number of carbonyl (C=O) groups is 4. The Morgan fingerprint density at radius 1 is 0.930 bits per heavy atom. The summed E-state index contributed by atoms with van der Waals surface area (Å²) < 4.78 is 28.2. The van der Waals surface area contributed by atoms with Gasteiger partial charge in [0, 0.05) is 66.2 Å². The first-order valence-corrected chi connectivity index (χ1v) is 20.7. The normalized spacial score (nSPS) is 34.7. The van der Waals surface area contributed by atoms with Crippen LogP contribution in [-0.2, 0) is 33.3 Å². The third-order valence-corrected chi connectivity index (χ3v) is 14.4. The van der Waals surface area contributed by atoms with Crippen molar-refractivity contribution in [2.75, 3.05) is 37.8 Å². The van der Waals surface area contributed by atoms with Gasteiger partial charge in [0.15, 0.2) is 5.78 Å². The third kappa shape index (κ3) is 6.40. The largest absolute Gasteiger partial charge is 0.466 e. The summed E-state index contributed by atoms with van der Waals surface area (Å²) in [6.45, 7) is 11.5. The number of unbranched alkanes of at least 4 members (excludes halogenated alkanes) is 1. The Balaban J connectivity index is 0.882. The van der Waals surface area contributed by atoms with Gasteiger partial charge in [0.05, 0.1) is 25.9 Å². The Labute approximate surface area is 332 Å². The second kappa shape index (κ2) is 15.4. The zero-order valence-corrected chi connectivity index (χ0v) is 33.6. The number of aliphatic hydroxyl groups excluding tert-OH is 2. The summed E-state index contributed by atoms with van der Waals surface area (Å²) >= 11 is 0. The number of hydrogen-bond donors (Lipinski definition) is 3. The number of Topliss-reactive ketones (excluding diaryl/α,β-unsaturated/α-hetero) is 1. The lowest BCUT2D eigenvalue weighted by molar-refractivity contribution is -0.458. The fourth-order valence-corrected chi connectivity index (χ4v) is 11.7. The maximum atomic E-state index is 14.4. The van der Waals surface area contributed by atoms with E-state index in [4.69, 9.17) is 23.4 Å². The van der Waals surface area contributed by atoms with E-state index in [1.54, 1.807) is 19.1 Å². The summed E-state index contributed by atoms with van der Waals surface area (Å²) in [5, 5.41) is 36.5. The van der Waals surface area contributed by atoms with Crippen molar-refractivity contribution in [3.05, 3.63) is 40.2 Å². The van der Waals surface area contributed by atoms with Crippen LogP contribution in [0.15, 0.2) is 33.5 Å². The third-order valence-electron chi connectivity index (χ3n) is 14.4. The maximum Gasteiger partial charge on any atom is 0.351 e. The molecule has 10 atom stereocenters.